The van der Waals surface area contributed by atoms with E-state index in [4.69, 9.17) is 29.7 Å². The molecule has 1 unspecified atom stereocenters. The molecule has 0 saturated heterocycles. The van der Waals surface area contributed by atoms with Crippen LogP contribution in [0.4, 0.5) is 0 Å². The van der Waals surface area contributed by atoms with Gasteiger partial charge < -0.3 is 29.7 Å². The van der Waals surface area contributed by atoms with Crippen molar-refractivity contribution in [3.8, 4) is 0 Å². The standard InChI is InChI=1S/C4H9.3C3H4O2.Ti/c1-3-4-2;3*1-2-3(4)5;/h3H,4H2,1-2H3;3*2H,1H2,(H,4,5);/q;;;;+3/p-3. The number of aliphatic carboxylic acids is 3. The molecule has 0 fully saturated rings. The van der Waals surface area contributed by atoms with Gasteiger partial charge in [0, 0.05) is 0 Å². The van der Waals surface area contributed by atoms with Crippen molar-refractivity contribution in [1.82, 2.24) is 0 Å². The first kappa shape index (κ1) is 26.8. The second kappa shape index (κ2) is 22.5. The molecule has 0 aromatic heterocycles. The zero-order valence-electron chi connectivity index (χ0n) is 11.6. The van der Waals surface area contributed by atoms with E-state index in [9.17, 15) is 0 Å². The summed E-state index contributed by atoms with van der Waals surface area (Å²) >= 11 is 2.22. The van der Waals surface area contributed by atoms with Crippen molar-refractivity contribution < 1.29 is 50.1 Å². The van der Waals surface area contributed by atoms with Gasteiger partial charge in [0.15, 0.2) is 0 Å². The Balaban J connectivity index is -0.0000000853. The SMILES string of the molecule is C=CC(=O)[O-].C=CC(=O)[O-].C=CC(=O)[O-].CC[CH](C)[Ti+3]. The minimum atomic E-state index is -1.23. The number of carbonyl (C=O) groups is 3. The van der Waals surface area contributed by atoms with E-state index in [1.807, 2.05) is 0 Å². The van der Waals surface area contributed by atoms with E-state index in [0.717, 1.165) is 22.5 Å². The van der Waals surface area contributed by atoms with E-state index >= 15 is 0 Å². The van der Waals surface area contributed by atoms with Crippen molar-refractivity contribution in [2.45, 2.75) is 24.5 Å². The van der Waals surface area contributed by atoms with E-state index in [0.29, 0.717) is 0 Å². The molecule has 0 heterocycles. The Bertz CT molecular complexity index is 267. The quantitative estimate of drug-likeness (QED) is 0.460. The van der Waals surface area contributed by atoms with Crippen molar-refractivity contribution in [1.29, 1.82) is 0 Å². The first-order chi connectivity index (χ1) is 9.08. The molecular formula is C13H18O6Ti. The summed E-state index contributed by atoms with van der Waals surface area (Å²) in [6, 6.07) is 0. The van der Waals surface area contributed by atoms with Gasteiger partial charge in [0.1, 0.15) is 0 Å². The summed E-state index contributed by atoms with van der Waals surface area (Å²) < 4.78 is 0.884. The zero-order chi connectivity index (χ0) is 17.1. The molecule has 0 aromatic carbocycles. The summed E-state index contributed by atoms with van der Waals surface area (Å²) in [6.07, 6.45) is 3.47. The molecule has 0 aliphatic rings. The van der Waals surface area contributed by atoms with Crippen LogP contribution in [0.1, 0.15) is 20.3 Å². The molecular weight excluding hydrogens is 300 g/mol. The molecule has 0 radical (unpaired) electrons. The molecule has 0 amide bonds. The van der Waals surface area contributed by atoms with Crippen molar-refractivity contribution in [3.05, 3.63) is 38.0 Å². The van der Waals surface area contributed by atoms with Crippen LogP contribution in [-0.2, 0) is 34.8 Å². The third-order valence-electron chi connectivity index (χ3n) is 1.11. The number of carboxylic acid groups (broad SMARTS) is 3. The van der Waals surface area contributed by atoms with Crippen LogP contribution in [0.15, 0.2) is 38.0 Å². The number of hydrogen-bond donors (Lipinski definition) is 0. The predicted octanol–water partition coefficient (Wildman–Crippen LogP) is -1.48. The molecule has 7 heteroatoms. The van der Waals surface area contributed by atoms with Crippen LogP contribution in [0.25, 0.3) is 0 Å². The minimum absolute atomic E-state index is 0.722. The third kappa shape index (κ3) is 95.6. The Labute approximate surface area is 130 Å². The number of carbonyl (C=O) groups excluding carboxylic acids is 3. The van der Waals surface area contributed by atoms with Crippen LogP contribution in [0.2, 0.25) is 4.22 Å². The Morgan fingerprint density at radius 1 is 0.950 bits per heavy atom. The number of rotatable bonds is 4. The molecule has 110 valence electrons. The van der Waals surface area contributed by atoms with Crippen molar-refractivity contribution in [3.63, 3.8) is 0 Å². The fourth-order valence-corrected chi connectivity index (χ4v) is 0. The van der Waals surface area contributed by atoms with Gasteiger partial charge in [-0.3, -0.25) is 0 Å². The van der Waals surface area contributed by atoms with E-state index < -0.39 is 17.9 Å². The summed E-state index contributed by atoms with van der Waals surface area (Å²) in [5.41, 5.74) is 0. The molecule has 1 atom stereocenters. The van der Waals surface area contributed by atoms with Gasteiger partial charge >= 0.3 is 44.9 Å². The molecule has 0 aromatic rings. The topological polar surface area (TPSA) is 120 Å². The van der Waals surface area contributed by atoms with Crippen molar-refractivity contribution in [2.24, 2.45) is 0 Å². The van der Waals surface area contributed by atoms with E-state index in [1.54, 1.807) is 0 Å². The zero-order valence-corrected chi connectivity index (χ0v) is 13.1. The first-order valence-corrected chi connectivity index (χ1v) is 6.20. The molecule has 0 spiro atoms. The predicted molar refractivity (Wildman–Crippen MR) is 65.3 cm³/mol. The van der Waals surface area contributed by atoms with Crippen molar-refractivity contribution >= 4 is 17.9 Å². The van der Waals surface area contributed by atoms with Gasteiger partial charge in [-0.15, -0.1) is 0 Å². The molecule has 0 aliphatic carbocycles. The number of carboxylic acids is 3. The normalized spacial score (nSPS) is 8.60. The van der Waals surface area contributed by atoms with E-state index in [2.05, 4.69) is 54.0 Å². The van der Waals surface area contributed by atoms with Gasteiger partial charge in [-0.1, -0.05) is 19.7 Å². The number of hydrogen-bond acceptors (Lipinski definition) is 6. The maximum absolute atomic E-state index is 9.14. The molecule has 0 saturated carbocycles. The van der Waals surface area contributed by atoms with Crippen LogP contribution in [-0.4, -0.2) is 17.9 Å². The maximum atomic E-state index is 9.14. The summed E-state index contributed by atoms with van der Waals surface area (Å²) in [6.45, 7) is 13.1. The summed E-state index contributed by atoms with van der Waals surface area (Å²) in [5, 5.41) is 27.4. The van der Waals surface area contributed by atoms with Gasteiger partial charge in [0.25, 0.3) is 0 Å². The van der Waals surface area contributed by atoms with Crippen molar-refractivity contribution in [2.75, 3.05) is 0 Å². The molecule has 0 rings (SSSR count). The average Bonchev–Trinajstić information content (AvgIpc) is 2.40. The van der Waals surface area contributed by atoms with Gasteiger partial charge in [0.05, 0.1) is 17.9 Å². The first-order valence-electron chi connectivity index (χ1n) is 5.30. The van der Waals surface area contributed by atoms with E-state index in [1.165, 1.54) is 6.42 Å². The van der Waals surface area contributed by atoms with E-state index in [-0.39, 0.29) is 0 Å². The summed E-state index contributed by atoms with van der Waals surface area (Å²) in [7, 11) is 0. The molecule has 20 heavy (non-hydrogen) atoms. The third-order valence-corrected chi connectivity index (χ3v) is 1.75. The molecule has 0 bridgehead atoms. The monoisotopic (exact) mass is 318 g/mol. The van der Waals surface area contributed by atoms with Gasteiger partial charge in [-0.05, 0) is 18.2 Å². The van der Waals surface area contributed by atoms with Crippen LogP contribution in [0.5, 0.6) is 0 Å². The summed E-state index contributed by atoms with van der Waals surface area (Å²) in [5.74, 6) is -3.69. The molecule has 6 nitrogen and oxygen atoms in total. The van der Waals surface area contributed by atoms with Gasteiger partial charge in [-0.25, -0.2) is 0 Å². The van der Waals surface area contributed by atoms with Crippen LogP contribution in [0.3, 0.4) is 0 Å². The van der Waals surface area contributed by atoms with Crippen LogP contribution in [0, 0.1) is 0 Å². The Hall–Kier alpha value is -1.66. The Morgan fingerprint density at radius 3 is 1.05 bits per heavy atom. The fourth-order valence-electron chi connectivity index (χ4n) is 0. The Kier molecular flexibility index (Phi) is 30.2. The Morgan fingerprint density at radius 2 is 1.05 bits per heavy atom. The van der Waals surface area contributed by atoms with Gasteiger partial charge in [0.2, 0.25) is 0 Å². The van der Waals surface area contributed by atoms with Crippen LogP contribution < -0.4 is 15.3 Å². The van der Waals surface area contributed by atoms with Crippen LogP contribution >= 0.6 is 0 Å². The second-order valence-electron chi connectivity index (χ2n) is 2.88. The summed E-state index contributed by atoms with van der Waals surface area (Å²) in [4.78, 5) is 27.4. The molecule has 0 aliphatic heterocycles. The molecule has 0 N–H and O–H groups in total. The second-order valence-corrected chi connectivity index (χ2v) is 4.42. The van der Waals surface area contributed by atoms with Gasteiger partial charge in [-0.2, -0.15) is 0 Å². The average molecular weight is 318 g/mol. The fraction of sp³-hybridized carbons (Fsp3) is 0.308.